The summed E-state index contributed by atoms with van der Waals surface area (Å²) in [5, 5.41) is 16.4. The van der Waals surface area contributed by atoms with E-state index in [1.807, 2.05) is 13.8 Å². The van der Waals surface area contributed by atoms with E-state index in [9.17, 15) is 14.9 Å². The molecule has 2 rings (SSSR count). The van der Waals surface area contributed by atoms with Crippen LogP contribution in [0.1, 0.15) is 36.2 Å². The maximum absolute atomic E-state index is 12.4. The van der Waals surface area contributed by atoms with Gasteiger partial charge in [0.2, 0.25) is 0 Å². The van der Waals surface area contributed by atoms with Crippen LogP contribution in [0.15, 0.2) is 42.5 Å². The molecule has 0 heterocycles. The lowest BCUT2D eigenvalue weighted by atomic mass is 10.2. The number of carbonyl (C=O) groups excluding carboxylic acids is 1. The topological polar surface area (TPSA) is 93.5 Å². The van der Waals surface area contributed by atoms with Crippen molar-refractivity contribution >= 4 is 34.6 Å². The molecular formula is C19H21N3O4S. The molecule has 2 aromatic rings. The van der Waals surface area contributed by atoms with Crippen LogP contribution in [0.3, 0.4) is 0 Å². The monoisotopic (exact) mass is 387 g/mol. The van der Waals surface area contributed by atoms with Gasteiger partial charge in [-0.05, 0) is 62.3 Å². The van der Waals surface area contributed by atoms with E-state index in [4.69, 9.17) is 17.0 Å². The van der Waals surface area contributed by atoms with Gasteiger partial charge in [0.1, 0.15) is 5.75 Å². The molecule has 8 heteroatoms. The summed E-state index contributed by atoms with van der Waals surface area (Å²) in [6.45, 7) is 5.69. The molecule has 7 nitrogen and oxygen atoms in total. The Balaban J connectivity index is 2.02. The van der Waals surface area contributed by atoms with Crippen LogP contribution in [-0.2, 0) is 0 Å². The molecule has 0 bridgehead atoms. The molecule has 1 unspecified atom stereocenters. The van der Waals surface area contributed by atoms with Gasteiger partial charge in [0.25, 0.3) is 11.6 Å². The van der Waals surface area contributed by atoms with Gasteiger partial charge >= 0.3 is 0 Å². The number of benzene rings is 2. The lowest BCUT2D eigenvalue weighted by molar-refractivity contribution is -0.384. The molecule has 0 fully saturated rings. The van der Waals surface area contributed by atoms with E-state index in [2.05, 4.69) is 10.6 Å². The van der Waals surface area contributed by atoms with Gasteiger partial charge in [-0.1, -0.05) is 13.0 Å². The zero-order valence-corrected chi connectivity index (χ0v) is 16.1. The Hall–Kier alpha value is -3.00. The highest BCUT2D eigenvalue weighted by Gasteiger charge is 2.12. The van der Waals surface area contributed by atoms with Crippen molar-refractivity contribution in [3.63, 3.8) is 0 Å². The number of hydrogen-bond acceptors (Lipinski definition) is 5. The van der Waals surface area contributed by atoms with Crippen LogP contribution in [0.2, 0.25) is 0 Å². The van der Waals surface area contributed by atoms with Crippen LogP contribution in [0, 0.1) is 17.0 Å². The number of non-ortho nitro benzene ring substituents is 1. The predicted molar refractivity (Wildman–Crippen MR) is 108 cm³/mol. The van der Waals surface area contributed by atoms with E-state index in [0.29, 0.717) is 22.6 Å². The highest BCUT2D eigenvalue weighted by atomic mass is 32.1. The first-order chi connectivity index (χ1) is 12.8. The van der Waals surface area contributed by atoms with Crippen molar-refractivity contribution in [3.05, 3.63) is 63.7 Å². The third-order valence-corrected chi connectivity index (χ3v) is 4.11. The minimum absolute atomic E-state index is 0.00822. The molecule has 0 spiro atoms. The smallest absolute Gasteiger partial charge is 0.269 e. The molecule has 0 saturated carbocycles. The van der Waals surface area contributed by atoms with Crippen LogP contribution in [0.25, 0.3) is 0 Å². The molecule has 0 aliphatic carbocycles. The maximum Gasteiger partial charge on any atom is 0.269 e. The molecule has 142 valence electrons. The van der Waals surface area contributed by atoms with Gasteiger partial charge in [0.05, 0.1) is 11.0 Å². The van der Waals surface area contributed by atoms with Gasteiger partial charge in [-0.2, -0.15) is 0 Å². The molecule has 0 aliphatic heterocycles. The molecule has 27 heavy (non-hydrogen) atoms. The van der Waals surface area contributed by atoms with Crippen molar-refractivity contribution in [2.24, 2.45) is 0 Å². The number of rotatable bonds is 6. The number of ether oxygens (including phenoxy) is 1. The van der Waals surface area contributed by atoms with E-state index in [1.165, 1.54) is 12.1 Å². The zero-order valence-electron chi connectivity index (χ0n) is 15.3. The standard InChI is InChI=1S/C19H21N3O4S/c1-4-13(3)26-16-7-5-6-14(11-16)18(23)21-19(27)20-17-9-8-15(22(24)25)10-12(17)2/h5-11,13H,4H2,1-3H3,(H2,20,21,23,27). The van der Waals surface area contributed by atoms with E-state index >= 15 is 0 Å². The summed E-state index contributed by atoms with van der Waals surface area (Å²) in [5.74, 6) is 0.240. The third-order valence-electron chi connectivity index (χ3n) is 3.90. The molecule has 2 N–H and O–H groups in total. The summed E-state index contributed by atoms with van der Waals surface area (Å²) in [6, 6.07) is 11.2. The Bertz CT molecular complexity index is 870. The lowest BCUT2D eigenvalue weighted by Crippen LogP contribution is -2.34. The second-order valence-electron chi connectivity index (χ2n) is 6.03. The summed E-state index contributed by atoms with van der Waals surface area (Å²) in [7, 11) is 0. The number of aryl methyl sites for hydroxylation is 1. The maximum atomic E-state index is 12.4. The van der Waals surface area contributed by atoms with Crippen molar-refractivity contribution in [1.29, 1.82) is 0 Å². The number of thiocarbonyl (C=S) groups is 1. The van der Waals surface area contributed by atoms with Crippen LogP contribution in [0.5, 0.6) is 5.75 Å². The Morgan fingerprint density at radius 3 is 2.67 bits per heavy atom. The summed E-state index contributed by atoms with van der Waals surface area (Å²) in [5.41, 5.74) is 1.64. The average Bonchev–Trinajstić information content (AvgIpc) is 2.63. The summed E-state index contributed by atoms with van der Waals surface area (Å²) in [4.78, 5) is 22.7. The van der Waals surface area contributed by atoms with Crippen molar-refractivity contribution in [2.45, 2.75) is 33.3 Å². The highest BCUT2D eigenvalue weighted by Crippen LogP contribution is 2.21. The fourth-order valence-corrected chi connectivity index (χ4v) is 2.46. The molecule has 0 aromatic heterocycles. The summed E-state index contributed by atoms with van der Waals surface area (Å²) >= 11 is 5.17. The molecule has 0 saturated heterocycles. The average molecular weight is 387 g/mol. The van der Waals surface area contributed by atoms with Gasteiger partial charge < -0.3 is 10.1 Å². The van der Waals surface area contributed by atoms with Crippen LogP contribution < -0.4 is 15.4 Å². The first-order valence-corrected chi connectivity index (χ1v) is 8.85. The van der Waals surface area contributed by atoms with E-state index < -0.39 is 4.92 Å². The third kappa shape index (κ3) is 5.75. The lowest BCUT2D eigenvalue weighted by Gasteiger charge is -2.14. The number of carbonyl (C=O) groups is 1. The number of nitro benzene ring substituents is 1. The minimum Gasteiger partial charge on any atom is -0.491 e. The quantitative estimate of drug-likeness (QED) is 0.438. The fraction of sp³-hybridized carbons (Fsp3) is 0.263. The minimum atomic E-state index is -0.467. The Morgan fingerprint density at radius 2 is 2.04 bits per heavy atom. The molecular weight excluding hydrogens is 366 g/mol. The normalized spacial score (nSPS) is 11.4. The van der Waals surface area contributed by atoms with Crippen LogP contribution in [0.4, 0.5) is 11.4 Å². The second kappa shape index (κ2) is 9.09. The van der Waals surface area contributed by atoms with Crippen molar-refractivity contribution in [1.82, 2.24) is 5.32 Å². The van der Waals surface area contributed by atoms with Crippen molar-refractivity contribution in [2.75, 3.05) is 5.32 Å². The number of hydrogen-bond donors (Lipinski definition) is 2. The highest BCUT2D eigenvalue weighted by molar-refractivity contribution is 7.80. The first kappa shape index (κ1) is 20.3. The summed E-state index contributed by atoms with van der Waals surface area (Å²) in [6.07, 6.45) is 0.912. The number of nitrogens with zero attached hydrogens (tertiary/aromatic N) is 1. The van der Waals surface area contributed by atoms with Crippen molar-refractivity contribution < 1.29 is 14.5 Å². The van der Waals surface area contributed by atoms with Crippen LogP contribution >= 0.6 is 12.2 Å². The molecule has 2 aromatic carbocycles. The largest absolute Gasteiger partial charge is 0.491 e. The Morgan fingerprint density at radius 1 is 1.30 bits per heavy atom. The van der Waals surface area contributed by atoms with Crippen molar-refractivity contribution in [3.8, 4) is 5.75 Å². The molecule has 0 radical (unpaired) electrons. The number of amides is 1. The second-order valence-corrected chi connectivity index (χ2v) is 6.44. The Labute approximate surface area is 162 Å². The van der Waals surface area contributed by atoms with Gasteiger partial charge in [-0.25, -0.2) is 0 Å². The van der Waals surface area contributed by atoms with E-state index in [1.54, 1.807) is 37.3 Å². The number of anilines is 1. The molecule has 1 amide bonds. The predicted octanol–water partition coefficient (Wildman–Crippen LogP) is 4.21. The van der Waals surface area contributed by atoms with Gasteiger partial charge in [-0.3, -0.25) is 20.2 Å². The first-order valence-electron chi connectivity index (χ1n) is 8.44. The van der Waals surface area contributed by atoms with Gasteiger partial charge in [0, 0.05) is 23.4 Å². The van der Waals surface area contributed by atoms with Crippen LogP contribution in [-0.4, -0.2) is 22.0 Å². The Kier molecular flexibility index (Phi) is 6.84. The van der Waals surface area contributed by atoms with E-state index in [-0.39, 0.29) is 22.8 Å². The number of nitrogens with one attached hydrogen (secondary N) is 2. The molecule has 0 aliphatic rings. The summed E-state index contributed by atoms with van der Waals surface area (Å²) < 4.78 is 5.72. The van der Waals surface area contributed by atoms with Gasteiger partial charge in [0.15, 0.2) is 5.11 Å². The SMILES string of the molecule is CCC(C)Oc1cccc(C(=O)NC(=S)Nc2ccc([N+](=O)[O-])cc2C)c1. The fourth-order valence-electron chi connectivity index (χ4n) is 2.26. The van der Waals surface area contributed by atoms with E-state index in [0.717, 1.165) is 6.42 Å². The van der Waals surface area contributed by atoms with Gasteiger partial charge in [-0.15, -0.1) is 0 Å². The molecule has 1 atom stereocenters. The zero-order chi connectivity index (χ0) is 20.0. The number of nitro groups is 1.